The number of hydrogen-bond acceptors (Lipinski definition) is 8. The normalized spacial score (nSPS) is 12.5. The van der Waals surface area contributed by atoms with Crippen molar-refractivity contribution in [3.63, 3.8) is 0 Å². The predicted molar refractivity (Wildman–Crippen MR) is 95.6 cm³/mol. The van der Waals surface area contributed by atoms with Gasteiger partial charge in [0.25, 0.3) is 0 Å². The molecular formula is C16H17N3O3S2. The van der Waals surface area contributed by atoms with Crippen LogP contribution in [0, 0.1) is 13.8 Å². The Bertz CT molecular complexity index is 917. The third-order valence-corrected chi connectivity index (χ3v) is 5.81. The Hall–Kier alpha value is -2.06. The molecule has 3 heterocycles. The Morgan fingerprint density at radius 1 is 1.38 bits per heavy atom. The number of aromatic nitrogens is 2. The first-order valence-corrected chi connectivity index (χ1v) is 8.98. The minimum Gasteiger partial charge on any atom is -0.463 e. The number of aryl methyl sites for hydroxylation is 2. The Morgan fingerprint density at radius 2 is 2.12 bits per heavy atom. The van der Waals surface area contributed by atoms with Crippen LogP contribution in [0.2, 0.25) is 0 Å². The highest BCUT2D eigenvalue weighted by atomic mass is 32.2. The first-order valence-electron chi connectivity index (χ1n) is 7.28. The molecule has 126 valence electrons. The van der Waals surface area contributed by atoms with Crippen molar-refractivity contribution in [1.82, 2.24) is 9.97 Å². The maximum atomic E-state index is 11.5. The number of anilines is 1. The van der Waals surface area contributed by atoms with Crippen molar-refractivity contribution in [2.75, 3.05) is 12.8 Å². The van der Waals surface area contributed by atoms with Crippen LogP contribution in [0.15, 0.2) is 21.7 Å². The Kier molecular flexibility index (Phi) is 4.51. The van der Waals surface area contributed by atoms with E-state index in [2.05, 4.69) is 14.7 Å². The summed E-state index contributed by atoms with van der Waals surface area (Å²) in [6.45, 7) is 6.04. The number of rotatable bonds is 4. The number of carbonyl (C=O) groups excluding carboxylic acids is 1. The smallest absolute Gasteiger partial charge is 0.373 e. The monoisotopic (exact) mass is 363 g/mol. The molecule has 0 aliphatic rings. The van der Waals surface area contributed by atoms with Crippen molar-refractivity contribution in [2.24, 2.45) is 0 Å². The van der Waals surface area contributed by atoms with E-state index in [1.807, 2.05) is 20.8 Å². The quantitative estimate of drug-likeness (QED) is 0.423. The molecule has 3 aromatic rings. The number of nitrogen functional groups attached to an aromatic ring is 1. The van der Waals surface area contributed by atoms with E-state index in [9.17, 15) is 4.79 Å². The summed E-state index contributed by atoms with van der Waals surface area (Å²) in [4.78, 5) is 22.6. The molecule has 0 spiro atoms. The molecule has 1 atom stereocenters. The Morgan fingerprint density at radius 3 is 2.83 bits per heavy atom. The average Bonchev–Trinajstić information content (AvgIpc) is 3.13. The van der Waals surface area contributed by atoms with E-state index in [0.29, 0.717) is 16.7 Å². The Labute approximate surface area is 147 Å². The van der Waals surface area contributed by atoms with Crippen molar-refractivity contribution in [3.05, 3.63) is 34.1 Å². The Balaban J connectivity index is 1.86. The van der Waals surface area contributed by atoms with E-state index in [-0.39, 0.29) is 11.0 Å². The standard InChI is InChI=1S/C16H17N3O3S2/c1-7-8(2)23-14-12(7)13(17)18-16(19-14)24-9(3)10-5-6-11(22-10)15(20)21-4/h5-6,9H,1-4H3,(H2,17,18,19). The van der Waals surface area contributed by atoms with Gasteiger partial charge >= 0.3 is 5.97 Å². The van der Waals surface area contributed by atoms with Gasteiger partial charge in [0.1, 0.15) is 16.4 Å². The van der Waals surface area contributed by atoms with Crippen molar-refractivity contribution < 1.29 is 13.9 Å². The second-order valence-corrected chi connectivity index (χ2v) is 7.82. The van der Waals surface area contributed by atoms with Crippen LogP contribution in [-0.4, -0.2) is 23.0 Å². The average molecular weight is 363 g/mol. The third kappa shape index (κ3) is 2.99. The van der Waals surface area contributed by atoms with Crippen LogP contribution in [0.1, 0.15) is 38.9 Å². The molecular weight excluding hydrogens is 346 g/mol. The van der Waals surface area contributed by atoms with Crippen LogP contribution in [0.5, 0.6) is 0 Å². The number of fused-ring (bicyclic) bond motifs is 1. The number of esters is 1. The SMILES string of the molecule is COC(=O)c1ccc(C(C)Sc2nc(N)c3c(C)c(C)sc3n2)o1. The third-order valence-electron chi connectivity index (χ3n) is 3.73. The highest BCUT2D eigenvalue weighted by Gasteiger charge is 2.19. The van der Waals surface area contributed by atoms with Crippen LogP contribution >= 0.6 is 23.1 Å². The van der Waals surface area contributed by atoms with Crippen molar-refractivity contribution in [2.45, 2.75) is 31.2 Å². The summed E-state index contributed by atoms with van der Waals surface area (Å²) in [7, 11) is 1.32. The van der Waals surface area contributed by atoms with Crippen LogP contribution < -0.4 is 5.73 Å². The first-order chi connectivity index (χ1) is 11.4. The van der Waals surface area contributed by atoms with Crippen LogP contribution in [-0.2, 0) is 4.74 Å². The molecule has 6 nitrogen and oxygen atoms in total. The second kappa shape index (κ2) is 6.45. The molecule has 1 unspecified atom stereocenters. The maximum absolute atomic E-state index is 11.5. The van der Waals surface area contributed by atoms with Crippen molar-refractivity contribution in [3.8, 4) is 0 Å². The van der Waals surface area contributed by atoms with Gasteiger partial charge in [-0.3, -0.25) is 0 Å². The molecule has 8 heteroatoms. The lowest BCUT2D eigenvalue weighted by Crippen LogP contribution is -1.99. The number of thioether (sulfide) groups is 1. The fourth-order valence-electron chi connectivity index (χ4n) is 2.31. The minimum absolute atomic E-state index is 0.0672. The van der Waals surface area contributed by atoms with Crippen LogP contribution in [0.4, 0.5) is 5.82 Å². The van der Waals surface area contributed by atoms with E-state index in [1.54, 1.807) is 23.5 Å². The molecule has 3 aromatic heterocycles. The van der Waals surface area contributed by atoms with Gasteiger partial charge in [-0.1, -0.05) is 11.8 Å². The van der Waals surface area contributed by atoms with Gasteiger partial charge in [0.05, 0.1) is 17.7 Å². The lowest BCUT2D eigenvalue weighted by Gasteiger charge is -2.08. The minimum atomic E-state index is -0.495. The molecule has 0 aliphatic heterocycles. The van der Waals surface area contributed by atoms with E-state index in [4.69, 9.17) is 10.2 Å². The molecule has 0 aromatic carbocycles. The number of carbonyl (C=O) groups is 1. The van der Waals surface area contributed by atoms with Crippen LogP contribution in [0.3, 0.4) is 0 Å². The zero-order valence-corrected chi connectivity index (χ0v) is 15.4. The number of thiophene rings is 1. The molecule has 0 saturated heterocycles. The zero-order valence-electron chi connectivity index (χ0n) is 13.7. The van der Waals surface area contributed by atoms with Gasteiger partial charge in [-0.25, -0.2) is 14.8 Å². The van der Waals surface area contributed by atoms with E-state index in [1.165, 1.54) is 23.7 Å². The summed E-state index contributed by atoms with van der Waals surface area (Å²) in [5, 5.41) is 1.45. The summed E-state index contributed by atoms with van der Waals surface area (Å²) in [6, 6.07) is 3.36. The molecule has 0 aliphatic carbocycles. The molecule has 0 saturated carbocycles. The van der Waals surface area contributed by atoms with E-state index in [0.717, 1.165) is 15.8 Å². The number of nitrogens with zero attached hydrogens (tertiary/aromatic N) is 2. The molecule has 0 radical (unpaired) electrons. The largest absolute Gasteiger partial charge is 0.463 e. The van der Waals surface area contributed by atoms with Gasteiger partial charge in [0, 0.05) is 4.88 Å². The lowest BCUT2D eigenvalue weighted by atomic mass is 10.2. The molecule has 0 fully saturated rings. The van der Waals surface area contributed by atoms with Crippen molar-refractivity contribution in [1.29, 1.82) is 0 Å². The highest BCUT2D eigenvalue weighted by molar-refractivity contribution is 7.99. The molecule has 2 N–H and O–H groups in total. The molecule has 0 bridgehead atoms. The summed E-state index contributed by atoms with van der Waals surface area (Å²) in [5.74, 6) is 0.831. The molecule has 0 amide bonds. The number of methoxy groups -OCH3 is 1. The highest BCUT2D eigenvalue weighted by Crippen LogP contribution is 2.38. The fraction of sp³-hybridized carbons (Fsp3) is 0.312. The van der Waals surface area contributed by atoms with Crippen LogP contribution in [0.25, 0.3) is 10.2 Å². The predicted octanol–water partition coefficient (Wildman–Crippen LogP) is 4.12. The van der Waals surface area contributed by atoms with Gasteiger partial charge < -0.3 is 14.9 Å². The van der Waals surface area contributed by atoms with Crippen molar-refractivity contribution >= 4 is 45.1 Å². The van der Waals surface area contributed by atoms with Gasteiger partial charge in [0.2, 0.25) is 5.76 Å². The lowest BCUT2D eigenvalue weighted by molar-refractivity contribution is 0.0563. The number of furan rings is 1. The number of ether oxygens (including phenoxy) is 1. The maximum Gasteiger partial charge on any atom is 0.373 e. The van der Waals surface area contributed by atoms with E-state index >= 15 is 0 Å². The summed E-state index contributed by atoms with van der Waals surface area (Å²) < 4.78 is 10.2. The van der Waals surface area contributed by atoms with Gasteiger partial charge in [-0.15, -0.1) is 11.3 Å². The zero-order chi connectivity index (χ0) is 17.4. The molecule has 3 rings (SSSR count). The van der Waals surface area contributed by atoms with Gasteiger partial charge in [-0.05, 0) is 38.5 Å². The fourth-order valence-corrected chi connectivity index (χ4v) is 4.26. The summed E-state index contributed by atoms with van der Waals surface area (Å²) in [5.41, 5.74) is 7.24. The number of hydrogen-bond donors (Lipinski definition) is 1. The van der Waals surface area contributed by atoms with E-state index < -0.39 is 5.97 Å². The topological polar surface area (TPSA) is 91.2 Å². The second-order valence-electron chi connectivity index (χ2n) is 5.31. The van der Waals surface area contributed by atoms with Gasteiger partial charge in [-0.2, -0.15) is 0 Å². The summed E-state index contributed by atoms with van der Waals surface area (Å²) in [6.07, 6.45) is 0. The number of nitrogens with two attached hydrogens (primary N) is 1. The first kappa shape index (κ1) is 16.8. The van der Waals surface area contributed by atoms with Gasteiger partial charge in [0.15, 0.2) is 5.16 Å². The molecule has 24 heavy (non-hydrogen) atoms. The summed E-state index contributed by atoms with van der Waals surface area (Å²) >= 11 is 3.04.